The van der Waals surface area contributed by atoms with Gasteiger partial charge in [0.1, 0.15) is 13.2 Å². The minimum atomic E-state index is 0.0347. The van der Waals surface area contributed by atoms with Gasteiger partial charge in [-0.15, -0.1) is 0 Å². The molecule has 1 aliphatic carbocycles. The third-order valence-electron chi connectivity index (χ3n) is 4.77. The fraction of sp³-hybridized carbons (Fsp3) is 0.350. The summed E-state index contributed by atoms with van der Waals surface area (Å²) < 4.78 is 11.2. The Balaban J connectivity index is 1.46. The normalized spacial score (nSPS) is 21.2. The zero-order valence-corrected chi connectivity index (χ0v) is 14.0. The molecule has 4 heteroatoms. The zero-order valence-electron chi connectivity index (χ0n) is 14.0. The molecule has 1 saturated carbocycles. The number of carbonyl (C=O) groups is 1. The molecule has 0 spiro atoms. The number of anilines is 1. The summed E-state index contributed by atoms with van der Waals surface area (Å²) in [5.74, 6) is 1.99. The molecule has 4 nitrogen and oxygen atoms in total. The Bertz CT molecular complexity index is 799. The number of fused-ring (bicyclic) bond motifs is 1. The van der Waals surface area contributed by atoms with Crippen LogP contribution in [0.4, 0.5) is 5.69 Å². The topological polar surface area (TPSA) is 47.6 Å². The van der Waals surface area contributed by atoms with Crippen LogP contribution in [0.1, 0.15) is 29.0 Å². The van der Waals surface area contributed by atoms with E-state index in [0.717, 1.165) is 40.3 Å². The molecule has 0 bridgehead atoms. The SMILES string of the molecule is Cc1ccc(C)c(NC(=O)[C@H]2C[C@H]2c2ccc3c(c2)OCCO3)c1. The minimum Gasteiger partial charge on any atom is -0.486 e. The van der Waals surface area contributed by atoms with E-state index in [1.165, 1.54) is 0 Å². The summed E-state index contributed by atoms with van der Waals surface area (Å²) in [6.45, 7) is 5.22. The molecule has 4 rings (SSSR count). The van der Waals surface area contributed by atoms with Crippen LogP contribution in [-0.4, -0.2) is 19.1 Å². The van der Waals surface area contributed by atoms with Gasteiger partial charge in [-0.25, -0.2) is 0 Å². The molecule has 1 N–H and O–H groups in total. The fourth-order valence-corrected chi connectivity index (χ4v) is 3.24. The van der Waals surface area contributed by atoms with Crippen LogP contribution in [0.15, 0.2) is 36.4 Å². The molecule has 0 unspecified atom stereocenters. The van der Waals surface area contributed by atoms with E-state index in [9.17, 15) is 4.79 Å². The van der Waals surface area contributed by atoms with Crippen LogP contribution in [0.5, 0.6) is 11.5 Å². The molecule has 2 aromatic carbocycles. The van der Waals surface area contributed by atoms with Crippen molar-refractivity contribution in [3.05, 3.63) is 53.1 Å². The number of ether oxygens (including phenoxy) is 2. The third-order valence-corrected chi connectivity index (χ3v) is 4.77. The summed E-state index contributed by atoms with van der Waals surface area (Å²) in [6, 6.07) is 12.1. The number of amides is 1. The van der Waals surface area contributed by atoms with Crippen molar-refractivity contribution < 1.29 is 14.3 Å². The van der Waals surface area contributed by atoms with Gasteiger partial charge in [0.05, 0.1) is 0 Å². The van der Waals surface area contributed by atoms with E-state index in [2.05, 4.69) is 11.4 Å². The second-order valence-corrected chi connectivity index (χ2v) is 6.66. The molecule has 1 fully saturated rings. The highest BCUT2D eigenvalue weighted by Crippen LogP contribution is 2.49. The molecule has 1 aliphatic heterocycles. The molecule has 0 saturated heterocycles. The maximum Gasteiger partial charge on any atom is 0.228 e. The predicted octanol–water partition coefficient (Wildman–Crippen LogP) is 3.82. The van der Waals surface area contributed by atoms with Crippen molar-refractivity contribution in [3.63, 3.8) is 0 Å². The first-order valence-corrected chi connectivity index (χ1v) is 8.39. The lowest BCUT2D eigenvalue weighted by Crippen LogP contribution is -2.16. The summed E-state index contributed by atoms with van der Waals surface area (Å²) in [5.41, 5.74) is 4.30. The van der Waals surface area contributed by atoms with Gasteiger partial charge in [-0.05, 0) is 61.1 Å². The Labute approximate surface area is 141 Å². The van der Waals surface area contributed by atoms with Crippen molar-refractivity contribution >= 4 is 11.6 Å². The van der Waals surface area contributed by atoms with Crippen LogP contribution < -0.4 is 14.8 Å². The molecule has 1 heterocycles. The maximum atomic E-state index is 12.5. The van der Waals surface area contributed by atoms with E-state index in [-0.39, 0.29) is 17.7 Å². The smallest absolute Gasteiger partial charge is 0.228 e. The van der Waals surface area contributed by atoms with Crippen LogP contribution >= 0.6 is 0 Å². The lowest BCUT2D eigenvalue weighted by Gasteiger charge is -2.18. The summed E-state index contributed by atoms with van der Waals surface area (Å²) in [4.78, 5) is 12.5. The van der Waals surface area contributed by atoms with Gasteiger partial charge in [0.25, 0.3) is 0 Å². The second-order valence-electron chi connectivity index (χ2n) is 6.66. The average molecular weight is 323 g/mol. The van der Waals surface area contributed by atoms with Crippen molar-refractivity contribution in [2.45, 2.75) is 26.2 Å². The van der Waals surface area contributed by atoms with E-state index in [1.54, 1.807) is 0 Å². The van der Waals surface area contributed by atoms with E-state index < -0.39 is 0 Å². The quantitative estimate of drug-likeness (QED) is 0.934. The standard InChI is InChI=1S/C20H21NO3/c1-12-3-4-13(2)17(9-12)21-20(22)16-11-15(16)14-5-6-18-19(10-14)24-8-7-23-18/h3-6,9-10,15-16H,7-8,11H2,1-2H3,(H,21,22)/t15-,16-/m0/s1. The van der Waals surface area contributed by atoms with Crippen LogP contribution in [0.2, 0.25) is 0 Å². The van der Waals surface area contributed by atoms with Gasteiger partial charge in [0, 0.05) is 11.6 Å². The minimum absolute atomic E-state index is 0.0347. The highest BCUT2D eigenvalue weighted by atomic mass is 16.6. The van der Waals surface area contributed by atoms with Crippen LogP contribution in [0.3, 0.4) is 0 Å². The van der Waals surface area contributed by atoms with Crippen LogP contribution in [-0.2, 0) is 4.79 Å². The number of benzene rings is 2. The van der Waals surface area contributed by atoms with Gasteiger partial charge in [0.2, 0.25) is 5.91 Å². The molecule has 2 aliphatic rings. The molecular weight excluding hydrogens is 302 g/mol. The van der Waals surface area contributed by atoms with Gasteiger partial charge in [-0.2, -0.15) is 0 Å². The molecule has 1 amide bonds. The number of hydrogen-bond donors (Lipinski definition) is 1. The molecular formula is C20H21NO3. The lowest BCUT2D eigenvalue weighted by atomic mass is 10.1. The fourth-order valence-electron chi connectivity index (χ4n) is 3.24. The summed E-state index contributed by atoms with van der Waals surface area (Å²) in [7, 11) is 0. The van der Waals surface area contributed by atoms with E-state index in [4.69, 9.17) is 9.47 Å². The highest BCUT2D eigenvalue weighted by molar-refractivity contribution is 5.96. The van der Waals surface area contributed by atoms with E-state index in [0.29, 0.717) is 13.2 Å². The first-order valence-electron chi connectivity index (χ1n) is 8.39. The number of carbonyl (C=O) groups excluding carboxylic acids is 1. The summed E-state index contributed by atoms with van der Waals surface area (Å²) in [5, 5.41) is 3.08. The molecule has 2 atom stereocenters. The van der Waals surface area contributed by atoms with E-state index >= 15 is 0 Å². The van der Waals surface area contributed by atoms with Crippen molar-refractivity contribution in [2.24, 2.45) is 5.92 Å². The average Bonchev–Trinajstić information content (AvgIpc) is 3.38. The molecule has 0 aromatic heterocycles. The first-order chi connectivity index (χ1) is 11.6. The van der Waals surface area contributed by atoms with Crippen molar-refractivity contribution in [3.8, 4) is 11.5 Å². The van der Waals surface area contributed by atoms with Crippen LogP contribution in [0, 0.1) is 19.8 Å². The van der Waals surface area contributed by atoms with Gasteiger partial charge in [0.15, 0.2) is 11.5 Å². The molecule has 24 heavy (non-hydrogen) atoms. The summed E-state index contributed by atoms with van der Waals surface area (Å²) in [6.07, 6.45) is 0.885. The number of nitrogens with one attached hydrogen (secondary N) is 1. The van der Waals surface area contributed by atoms with Gasteiger partial charge in [-0.3, -0.25) is 4.79 Å². The Morgan fingerprint density at radius 3 is 2.67 bits per heavy atom. The zero-order chi connectivity index (χ0) is 16.7. The molecule has 0 radical (unpaired) electrons. The van der Waals surface area contributed by atoms with Gasteiger partial charge in [-0.1, -0.05) is 18.2 Å². The Morgan fingerprint density at radius 1 is 1.04 bits per heavy atom. The largest absolute Gasteiger partial charge is 0.486 e. The first kappa shape index (κ1) is 15.1. The monoisotopic (exact) mass is 323 g/mol. The van der Waals surface area contributed by atoms with Crippen molar-refractivity contribution in [1.29, 1.82) is 0 Å². The highest BCUT2D eigenvalue weighted by Gasteiger charge is 2.44. The summed E-state index contributed by atoms with van der Waals surface area (Å²) >= 11 is 0. The van der Waals surface area contributed by atoms with Crippen molar-refractivity contribution in [2.75, 3.05) is 18.5 Å². The Kier molecular flexibility index (Phi) is 3.68. The number of rotatable bonds is 3. The molecule has 2 aromatic rings. The Hall–Kier alpha value is -2.49. The predicted molar refractivity (Wildman–Crippen MR) is 92.8 cm³/mol. The van der Waals surface area contributed by atoms with Crippen molar-refractivity contribution in [1.82, 2.24) is 0 Å². The number of hydrogen-bond acceptors (Lipinski definition) is 3. The van der Waals surface area contributed by atoms with Crippen LogP contribution in [0.25, 0.3) is 0 Å². The maximum absolute atomic E-state index is 12.5. The van der Waals surface area contributed by atoms with Gasteiger partial charge >= 0.3 is 0 Å². The Morgan fingerprint density at radius 2 is 1.83 bits per heavy atom. The van der Waals surface area contributed by atoms with Gasteiger partial charge < -0.3 is 14.8 Å². The van der Waals surface area contributed by atoms with E-state index in [1.807, 2.05) is 44.2 Å². The third kappa shape index (κ3) is 2.84. The second kappa shape index (κ2) is 5.86. The number of aryl methyl sites for hydroxylation is 2. The molecule has 124 valence electrons. The lowest BCUT2D eigenvalue weighted by molar-refractivity contribution is -0.117.